The summed E-state index contributed by atoms with van der Waals surface area (Å²) in [6, 6.07) is 13.0. The zero-order valence-corrected chi connectivity index (χ0v) is 15.8. The number of nitrogens with one attached hydrogen (secondary N) is 2. The molecule has 7 nitrogen and oxygen atoms in total. The minimum absolute atomic E-state index is 0.393. The second-order valence-corrected chi connectivity index (χ2v) is 7.06. The summed E-state index contributed by atoms with van der Waals surface area (Å²) in [5.41, 5.74) is 8.32. The molecule has 0 aliphatic carbocycles. The summed E-state index contributed by atoms with van der Waals surface area (Å²) in [5, 5.41) is 7.66. The minimum Gasteiger partial charge on any atom is -0.497 e. The van der Waals surface area contributed by atoms with Gasteiger partial charge in [0.05, 0.1) is 17.3 Å². The summed E-state index contributed by atoms with van der Waals surface area (Å²) in [6.45, 7) is 0. The first-order valence-corrected chi connectivity index (χ1v) is 9.16. The fourth-order valence-corrected chi connectivity index (χ4v) is 3.47. The zero-order valence-electron chi connectivity index (χ0n) is 14.2. The van der Waals surface area contributed by atoms with E-state index in [0.29, 0.717) is 27.5 Å². The summed E-state index contributed by atoms with van der Waals surface area (Å²) in [7, 11) is 1.64. The Morgan fingerprint density at radius 3 is 2.52 bits per heavy atom. The average molecular weight is 399 g/mol. The molecule has 4 aromatic rings. The van der Waals surface area contributed by atoms with E-state index >= 15 is 0 Å². The van der Waals surface area contributed by atoms with Gasteiger partial charge in [-0.3, -0.25) is 0 Å². The number of aromatic nitrogens is 3. The first-order chi connectivity index (χ1) is 13.1. The lowest BCUT2D eigenvalue weighted by Gasteiger charge is -2.11. The fraction of sp³-hybridized carbons (Fsp3) is 0.0556. The smallest absolute Gasteiger partial charge is 0.189 e. The van der Waals surface area contributed by atoms with E-state index in [2.05, 4.69) is 25.6 Å². The average Bonchev–Trinajstić information content (AvgIpc) is 3.08. The van der Waals surface area contributed by atoms with Crippen molar-refractivity contribution in [2.75, 3.05) is 23.5 Å². The maximum Gasteiger partial charge on any atom is 0.189 e. The SMILES string of the molecule is COc1ccc2nc(Nc3ncnc(Nc4ccc(Cl)cc4)c3N)sc2c1. The quantitative estimate of drug-likeness (QED) is 0.443. The van der Waals surface area contributed by atoms with Crippen LogP contribution in [0.4, 0.5) is 28.1 Å². The standard InChI is InChI=1S/C18H15ClN6OS/c1-26-12-6-7-13-14(8-12)27-18(24-13)25-17-15(20)16(21-9-22-17)23-11-4-2-10(19)3-5-11/h2-9H,20H2,1H3,(H2,21,22,23,24,25). The molecule has 2 aromatic heterocycles. The van der Waals surface area contributed by atoms with E-state index in [9.17, 15) is 0 Å². The maximum atomic E-state index is 6.23. The van der Waals surface area contributed by atoms with Gasteiger partial charge in [0.2, 0.25) is 0 Å². The normalized spacial score (nSPS) is 10.7. The number of hydrogen-bond acceptors (Lipinski definition) is 8. The number of halogens is 1. The van der Waals surface area contributed by atoms with E-state index in [1.165, 1.54) is 17.7 Å². The highest BCUT2D eigenvalue weighted by Crippen LogP contribution is 2.33. The monoisotopic (exact) mass is 398 g/mol. The molecule has 27 heavy (non-hydrogen) atoms. The Labute approximate surface area is 164 Å². The molecule has 4 N–H and O–H groups in total. The highest BCUT2D eigenvalue weighted by Gasteiger charge is 2.11. The zero-order chi connectivity index (χ0) is 18.8. The largest absolute Gasteiger partial charge is 0.497 e. The Kier molecular flexibility index (Phi) is 4.66. The van der Waals surface area contributed by atoms with Crippen LogP contribution in [0.15, 0.2) is 48.8 Å². The summed E-state index contributed by atoms with van der Waals surface area (Å²) < 4.78 is 6.25. The molecule has 0 fully saturated rings. The fourth-order valence-electron chi connectivity index (χ4n) is 2.45. The molecule has 2 aromatic carbocycles. The summed E-state index contributed by atoms with van der Waals surface area (Å²) in [5.74, 6) is 1.76. The molecule has 0 unspecified atom stereocenters. The molecule has 0 saturated carbocycles. The predicted molar refractivity (Wildman–Crippen MR) is 111 cm³/mol. The van der Waals surface area contributed by atoms with Crippen molar-refractivity contribution in [1.29, 1.82) is 0 Å². The van der Waals surface area contributed by atoms with Crippen molar-refractivity contribution in [3.63, 3.8) is 0 Å². The number of fused-ring (bicyclic) bond motifs is 1. The summed E-state index contributed by atoms with van der Waals surface area (Å²) in [6.07, 6.45) is 1.44. The van der Waals surface area contributed by atoms with Gasteiger partial charge < -0.3 is 21.1 Å². The molecule has 0 aliphatic heterocycles. The van der Waals surface area contributed by atoms with Gasteiger partial charge >= 0.3 is 0 Å². The molecule has 4 rings (SSSR count). The number of anilines is 5. The number of thiazole rings is 1. The van der Waals surface area contributed by atoms with Gasteiger partial charge in [0.15, 0.2) is 16.8 Å². The van der Waals surface area contributed by atoms with Crippen molar-refractivity contribution < 1.29 is 4.74 Å². The number of hydrogen-bond donors (Lipinski definition) is 3. The van der Waals surface area contributed by atoms with E-state index in [1.807, 2.05) is 30.3 Å². The van der Waals surface area contributed by atoms with E-state index in [-0.39, 0.29) is 0 Å². The Bertz CT molecular complexity index is 1100. The molecule has 9 heteroatoms. The molecule has 0 saturated heterocycles. The van der Waals surface area contributed by atoms with Crippen LogP contribution in [0.5, 0.6) is 5.75 Å². The number of nitrogens with zero attached hydrogens (tertiary/aromatic N) is 3. The van der Waals surface area contributed by atoms with Crippen molar-refractivity contribution >= 4 is 61.3 Å². The van der Waals surface area contributed by atoms with Crippen LogP contribution < -0.4 is 21.1 Å². The lowest BCUT2D eigenvalue weighted by Crippen LogP contribution is -2.05. The highest BCUT2D eigenvalue weighted by molar-refractivity contribution is 7.22. The van der Waals surface area contributed by atoms with Crippen LogP contribution in [-0.4, -0.2) is 22.1 Å². The van der Waals surface area contributed by atoms with Gasteiger partial charge in [-0.15, -0.1) is 0 Å². The lowest BCUT2D eigenvalue weighted by molar-refractivity contribution is 0.415. The van der Waals surface area contributed by atoms with Crippen LogP contribution in [0, 0.1) is 0 Å². The first-order valence-electron chi connectivity index (χ1n) is 7.97. The van der Waals surface area contributed by atoms with Crippen LogP contribution in [-0.2, 0) is 0 Å². The topological polar surface area (TPSA) is 98.0 Å². The molecular weight excluding hydrogens is 384 g/mol. The van der Waals surface area contributed by atoms with Crippen molar-refractivity contribution in [2.45, 2.75) is 0 Å². The van der Waals surface area contributed by atoms with Crippen LogP contribution in [0.3, 0.4) is 0 Å². The molecule has 0 amide bonds. The van der Waals surface area contributed by atoms with Gasteiger partial charge in [0.25, 0.3) is 0 Å². The van der Waals surface area contributed by atoms with Crippen LogP contribution in [0.2, 0.25) is 5.02 Å². The van der Waals surface area contributed by atoms with E-state index in [1.54, 1.807) is 19.2 Å². The van der Waals surface area contributed by atoms with Crippen LogP contribution in [0.1, 0.15) is 0 Å². The Morgan fingerprint density at radius 2 is 1.78 bits per heavy atom. The van der Waals surface area contributed by atoms with E-state index in [4.69, 9.17) is 22.1 Å². The summed E-state index contributed by atoms with van der Waals surface area (Å²) in [4.78, 5) is 13.0. The predicted octanol–water partition coefficient (Wildman–Crippen LogP) is 4.82. The number of methoxy groups -OCH3 is 1. The van der Waals surface area contributed by atoms with E-state index in [0.717, 1.165) is 21.7 Å². The molecule has 0 spiro atoms. The van der Waals surface area contributed by atoms with Gasteiger partial charge in [-0.1, -0.05) is 22.9 Å². The number of ether oxygens (including phenoxy) is 1. The van der Waals surface area contributed by atoms with Gasteiger partial charge in [-0.2, -0.15) is 0 Å². The molecule has 0 bridgehead atoms. The third-order valence-electron chi connectivity index (χ3n) is 3.81. The number of benzene rings is 2. The molecular formula is C18H15ClN6OS. The summed E-state index contributed by atoms with van der Waals surface area (Å²) >= 11 is 7.40. The second-order valence-electron chi connectivity index (χ2n) is 5.59. The number of rotatable bonds is 5. The van der Waals surface area contributed by atoms with Crippen molar-refractivity contribution in [3.8, 4) is 5.75 Å². The number of nitrogen functional groups attached to an aromatic ring is 1. The van der Waals surface area contributed by atoms with Gasteiger partial charge in [-0.25, -0.2) is 15.0 Å². The Morgan fingerprint density at radius 1 is 1.04 bits per heavy atom. The first kappa shape index (κ1) is 17.3. The van der Waals surface area contributed by atoms with Crippen molar-refractivity contribution in [2.24, 2.45) is 0 Å². The minimum atomic E-state index is 0.393. The van der Waals surface area contributed by atoms with Gasteiger partial charge in [0.1, 0.15) is 17.8 Å². The van der Waals surface area contributed by atoms with E-state index < -0.39 is 0 Å². The Hall–Kier alpha value is -3.10. The maximum absolute atomic E-state index is 6.23. The van der Waals surface area contributed by atoms with Gasteiger partial charge in [0, 0.05) is 10.7 Å². The number of nitrogens with two attached hydrogens (primary N) is 1. The third kappa shape index (κ3) is 3.71. The highest BCUT2D eigenvalue weighted by atomic mass is 35.5. The third-order valence-corrected chi connectivity index (χ3v) is 5.00. The van der Waals surface area contributed by atoms with Crippen LogP contribution in [0.25, 0.3) is 10.2 Å². The molecule has 0 aliphatic rings. The molecule has 2 heterocycles. The second kappa shape index (κ2) is 7.26. The van der Waals surface area contributed by atoms with Crippen molar-refractivity contribution in [3.05, 3.63) is 53.8 Å². The Balaban J connectivity index is 1.59. The van der Waals surface area contributed by atoms with Gasteiger partial charge in [-0.05, 0) is 42.5 Å². The lowest BCUT2D eigenvalue weighted by atomic mass is 10.3. The van der Waals surface area contributed by atoms with Crippen molar-refractivity contribution in [1.82, 2.24) is 15.0 Å². The van der Waals surface area contributed by atoms with Crippen LogP contribution >= 0.6 is 22.9 Å². The molecule has 136 valence electrons. The molecule has 0 atom stereocenters. The molecule has 0 radical (unpaired) electrons.